The summed E-state index contributed by atoms with van der Waals surface area (Å²) in [7, 11) is 1.60. The Balaban J connectivity index is 1.86. The van der Waals surface area contributed by atoms with Crippen LogP contribution in [-0.4, -0.2) is 42.8 Å². The van der Waals surface area contributed by atoms with Crippen LogP contribution < -0.4 is 10.6 Å². The van der Waals surface area contributed by atoms with Crippen LogP contribution in [0.25, 0.3) is 0 Å². The van der Waals surface area contributed by atoms with Gasteiger partial charge in [0.2, 0.25) is 17.7 Å². The molecule has 0 aromatic heterocycles. The number of likely N-dealkylation sites (tertiary alicyclic amines) is 1. The van der Waals surface area contributed by atoms with Crippen LogP contribution in [0.15, 0.2) is 24.3 Å². The molecule has 0 unspecified atom stereocenters. The van der Waals surface area contributed by atoms with Crippen LogP contribution in [0, 0.1) is 0 Å². The van der Waals surface area contributed by atoms with Crippen LogP contribution >= 0.6 is 0 Å². The van der Waals surface area contributed by atoms with Crippen LogP contribution in [0.5, 0.6) is 0 Å². The second kappa shape index (κ2) is 7.59. The first-order valence-corrected chi connectivity index (χ1v) is 7.45. The average molecular weight is 303 g/mol. The maximum atomic E-state index is 12.0. The number of piperidine rings is 1. The maximum Gasteiger partial charge on any atom is 0.243 e. The zero-order valence-corrected chi connectivity index (χ0v) is 12.7. The Kier molecular flexibility index (Phi) is 5.52. The minimum absolute atomic E-state index is 0.0438. The third-order valence-corrected chi connectivity index (χ3v) is 3.64. The molecule has 0 bridgehead atoms. The fourth-order valence-electron chi connectivity index (χ4n) is 2.38. The standard InChI is InChI=1S/C16H21N3O3/c1-17-14(20)10-12-5-7-13(8-6-12)18-15(21)11-19-9-3-2-4-16(19)22/h5-8H,2-4,9-11H2,1H3,(H,17,20)(H,18,21). The summed E-state index contributed by atoms with van der Waals surface area (Å²) in [5.74, 6) is -0.211. The quantitative estimate of drug-likeness (QED) is 0.849. The molecule has 1 aromatic carbocycles. The number of rotatable bonds is 5. The van der Waals surface area contributed by atoms with Crippen molar-refractivity contribution in [3.8, 4) is 0 Å². The van der Waals surface area contributed by atoms with Crippen molar-refractivity contribution in [2.75, 3.05) is 25.5 Å². The van der Waals surface area contributed by atoms with Gasteiger partial charge < -0.3 is 15.5 Å². The molecule has 0 aliphatic carbocycles. The smallest absolute Gasteiger partial charge is 0.243 e. The van der Waals surface area contributed by atoms with E-state index in [1.54, 1.807) is 36.2 Å². The van der Waals surface area contributed by atoms with E-state index in [9.17, 15) is 14.4 Å². The summed E-state index contributed by atoms with van der Waals surface area (Å²) >= 11 is 0. The van der Waals surface area contributed by atoms with E-state index in [2.05, 4.69) is 10.6 Å². The Morgan fingerprint density at radius 1 is 1.14 bits per heavy atom. The van der Waals surface area contributed by atoms with Crippen molar-refractivity contribution in [3.63, 3.8) is 0 Å². The minimum Gasteiger partial charge on any atom is -0.359 e. The summed E-state index contributed by atoms with van der Waals surface area (Å²) in [6.45, 7) is 0.746. The van der Waals surface area contributed by atoms with Gasteiger partial charge in [-0.25, -0.2) is 0 Å². The zero-order chi connectivity index (χ0) is 15.9. The lowest BCUT2D eigenvalue weighted by atomic mass is 10.1. The highest BCUT2D eigenvalue weighted by Gasteiger charge is 2.20. The van der Waals surface area contributed by atoms with Crippen LogP contribution in [0.2, 0.25) is 0 Å². The summed E-state index contributed by atoms with van der Waals surface area (Å²) in [5, 5.41) is 5.33. The molecule has 1 aromatic rings. The third kappa shape index (κ3) is 4.58. The van der Waals surface area contributed by atoms with Crippen molar-refractivity contribution in [2.45, 2.75) is 25.7 Å². The summed E-state index contributed by atoms with van der Waals surface area (Å²) in [5.41, 5.74) is 1.54. The van der Waals surface area contributed by atoms with Crippen molar-refractivity contribution in [1.29, 1.82) is 0 Å². The highest BCUT2D eigenvalue weighted by atomic mass is 16.2. The van der Waals surface area contributed by atoms with E-state index in [-0.39, 0.29) is 24.3 Å². The molecule has 0 atom stereocenters. The van der Waals surface area contributed by atoms with Gasteiger partial charge in [0, 0.05) is 25.7 Å². The lowest BCUT2D eigenvalue weighted by molar-refractivity contribution is -0.136. The van der Waals surface area contributed by atoms with Gasteiger partial charge in [-0.05, 0) is 30.5 Å². The number of hydrogen-bond acceptors (Lipinski definition) is 3. The molecule has 1 fully saturated rings. The molecular weight excluding hydrogens is 282 g/mol. The monoisotopic (exact) mass is 303 g/mol. The summed E-state index contributed by atoms with van der Waals surface area (Å²) in [4.78, 5) is 36.5. The highest BCUT2D eigenvalue weighted by molar-refractivity contribution is 5.94. The molecule has 6 nitrogen and oxygen atoms in total. The SMILES string of the molecule is CNC(=O)Cc1ccc(NC(=O)CN2CCCCC2=O)cc1. The largest absolute Gasteiger partial charge is 0.359 e. The molecular formula is C16H21N3O3. The molecule has 1 aliphatic rings. The van der Waals surface area contributed by atoms with E-state index >= 15 is 0 Å². The topological polar surface area (TPSA) is 78.5 Å². The highest BCUT2D eigenvalue weighted by Crippen LogP contribution is 2.12. The summed E-state index contributed by atoms with van der Waals surface area (Å²) < 4.78 is 0. The van der Waals surface area contributed by atoms with E-state index in [1.807, 2.05) is 0 Å². The lowest BCUT2D eigenvalue weighted by Crippen LogP contribution is -2.40. The minimum atomic E-state index is -0.200. The molecule has 0 radical (unpaired) electrons. The Labute approximate surface area is 129 Å². The lowest BCUT2D eigenvalue weighted by Gasteiger charge is -2.25. The number of hydrogen-bond donors (Lipinski definition) is 2. The van der Waals surface area contributed by atoms with Gasteiger partial charge in [-0.3, -0.25) is 14.4 Å². The van der Waals surface area contributed by atoms with Crippen molar-refractivity contribution in [2.24, 2.45) is 0 Å². The molecule has 2 rings (SSSR count). The van der Waals surface area contributed by atoms with Crippen molar-refractivity contribution in [1.82, 2.24) is 10.2 Å². The van der Waals surface area contributed by atoms with Gasteiger partial charge in [-0.15, -0.1) is 0 Å². The molecule has 1 aliphatic heterocycles. The van der Waals surface area contributed by atoms with Gasteiger partial charge in [0.15, 0.2) is 0 Å². The molecule has 118 valence electrons. The predicted molar refractivity (Wildman–Crippen MR) is 83.3 cm³/mol. The van der Waals surface area contributed by atoms with Gasteiger partial charge in [0.1, 0.15) is 0 Å². The normalized spacial score (nSPS) is 14.6. The molecule has 1 heterocycles. The van der Waals surface area contributed by atoms with Crippen LogP contribution in [0.3, 0.4) is 0 Å². The number of benzene rings is 1. The van der Waals surface area contributed by atoms with Crippen LogP contribution in [-0.2, 0) is 20.8 Å². The van der Waals surface area contributed by atoms with Crippen molar-refractivity contribution < 1.29 is 14.4 Å². The molecule has 3 amide bonds. The Morgan fingerprint density at radius 2 is 1.86 bits per heavy atom. The molecule has 22 heavy (non-hydrogen) atoms. The van der Waals surface area contributed by atoms with Crippen LogP contribution in [0.4, 0.5) is 5.69 Å². The third-order valence-electron chi connectivity index (χ3n) is 3.64. The Bertz CT molecular complexity index is 554. The fourth-order valence-corrected chi connectivity index (χ4v) is 2.38. The first-order valence-electron chi connectivity index (χ1n) is 7.45. The van der Waals surface area contributed by atoms with E-state index < -0.39 is 0 Å². The van der Waals surface area contributed by atoms with E-state index in [1.165, 1.54) is 0 Å². The van der Waals surface area contributed by atoms with Crippen LogP contribution in [0.1, 0.15) is 24.8 Å². The molecule has 6 heteroatoms. The summed E-state index contributed by atoms with van der Waals surface area (Å²) in [6, 6.07) is 7.12. The fraction of sp³-hybridized carbons (Fsp3) is 0.438. The number of nitrogens with one attached hydrogen (secondary N) is 2. The number of amides is 3. The Morgan fingerprint density at radius 3 is 2.50 bits per heavy atom. The molecule has 0 saturated carbocycles. The predicted octanol–water partition coefficient (Wildman–Crippen LogP) is 0.926. The number of nitrogens with zero attached hydrogens (tertiary/aromatic N) is 1. The average Bonchev–Trinajstić information content (AvgIpc) is 2.51. The number of carbonyl (C=O) groups excluding carboxylic acids is 3. The van der Waals surface area contributed by atoms with Gasteiger partial charge in [0.25, 0.3) is 0 Å². The van der Waals surface area contributed by atoms with E-state index in [0.717, 1.165) is 18.4 Å². The Hall–Kier alpha value is -2.37. The van der Waals surface area contributed by atoms with E-state index in [0.29, 0.717) is 25.1 Å². The molecule has 2 N–H and O–H groups in total. The van der Waals surface area contributed by atoms with E-state index in [4.69, 9.17) is 0 Å². The first-order chi connectivity index (χ1) is 10.6. The van der Waals surface area contributed by atoms with Gasteiger partial charge >= 0.3 is 0 Å². The number of anilines is 1. The molecule has 0 spiro atoms. The summed E-state index contributed by atoms with van der Waals surface area (Å²) in [6.07, 6.45) is 2.70. The van der Waals surface area contributed by atoms with Gasteiger partial charge in [-0.1, -0.05) is 12.1 Å². The van der Waals surface area contributed by atoms with Gasteiger partial charge in [0.05, 0.1) is 13.0 Å². The number of carbonyl (C=O) groups is 3. The first kappa shape index (κ1) is 16.0. The van der Waals surface area contributed by atoms with Gasteiger partial charge in [-0.2, -0.15) is 0 Å². The van der Waals surface area contributed by atoms with Crippen molar-refractivity contribution in [3.05, 3.63) is 29.8 Å². The number of likely N-dealkylation sites (N-methyl/N-ethyl adjacent to an activating group) is 1. The van der Waals surface area contributed by atoms with Crippen molar-refractivity contribution >= 4 is 23.4 Å². The maximum absolute atomic E-state index is 12.0. The second-order valence-corrected chi connectivity index (χ2v) is 5.37. The second-order valence-electron chi connectivity index (χ2n) is 5.37. The zero-order valence-electron chi connectivity index (χ0n) is 12.7. The molecule has 1 saturated heterocycles.